The second kappa shape index (κ2) is 8.42. The third-order valence-corrected chi connectivity index (χ3v) is 4.48. The van der Waals surface area contributed by atoms with Gasteiger partial charge in [-0.15, -0.1) is 0 Å². The van der Waals surface area contributed by atoms with Crippen LogP contribution in [0.2, 0.25) is 0 Å². The van der Waals surface area contributed by atoms with E-state index in [1.54, 1.807) is 0 Å². The first-order valence-corrected chi connectivity index (χ1v) is 8.09. The molecule has 114 valence electrons. The fraction of sp³-hybridized carbons (Fsp3) is 0.812. The zero-order valence-corrected chi connectivity index (χ0v) is 12.4. The Hall–Kier alpha value is -0.870. The lowest BCUT2D eigenvalue weighted by Gasteiger charge is -2.36. The van der Waals surface area contributed by atoms with E-state index in [1.807, 2.05) is 0 Å². The minimum absolute atomic E-state index is 0.0989. The molecule has 4 heteroatoms. The van der Waals surface area contributed by atoms with E-state index in [-0.39, 0.29) is 12.5 Å². The van der Waals surface area contributed by atoms with E-state index in [9.17, 15) is 4.79 Å². The van der Waals surface area contributed by atoms with Gasteiger partial charge in [0.2, 0.25) is 5.91 Å². The number of carbonyl (C=O) groups is 1. The highest BCUT2D eigenvalue weighted by Gasteiger charge is 2.25. The molecule has 0 heterocycles. The first kappa shape index (κ1) is 15.5. The van der Waals surface area contributed by atoms with Crippen molar-refractivity contribution in [3.05, 3.63) is 11.6 Å². The Bertz CT molecular complexity index is 337. The molecule has 2 aliphatic carbocycles. The highest BCUT2D eigenvalue weighted by Crippen LogP contribution is 2.24. The largest absolute Gasteiger partial charge is 0.395 e. The summed E-state index contributed by atoms with van der Waals surface area (Å²) in [6.45, 7) is 1.94. The van der Waals surface area contributed by atoms with Crippen LogP contribution in [0.5, 0.6) is 0 Å². The molecule has 0 aromatic rings. The van der Waals surface area contributed by atoms with Crippen molar-refractivity contribution in [1.29, 1.82) is 0 Å². The van der Waals surface area contributed by atoms with Crippen molar-refractivity contribution in [2.75, 3.05) is 26.2 Å². The highest BCUT2D eigenvalue weighted by molar-refractivity contribution is 5.78. The molecule has 0 unspecified atom stereocenters. The fourth-order valence-corrected chi connectivity index (χ4v) is 3.01. The van der Waals surface area contributed by atoms with Gasteiger partial charge in [-0.1, -0.05) is 18.1 Å². The van der Waals surface area contributed by atoms with Crippen LogP contribution in [-0.2, 0) is 4.79 Å². The number of hydrogen-bond acceptors (Lipinski definition) is 3. The van der Waals surface area contributed by atoms with Crippen LogP contribution in [-0.4, -0.2) is 48.2 Å². The number of aliphatic hydroxyl groups excluding tert-OH is 1. The molecule has 0 saturated heterocycles. The Balaban J connectivity index is 1.64. The number of carbonyl (C=O) groups excluding carboxylic acids is 1. The van der Waals surface area contributed by atoms with E-state index in [2.05, 4.69) is 16.3 Å². The van der Waals surface area contributed by atoms with Gasteiger partial charge in [-0.05, 0) is 44.9 Å². The van der Waals surface area contributed by atoms with Crippen LogP contribution in [0.4, 0.5) is 0 Å². The maximum absolute atomic E-state index is 12.0. The molecular formula is C16H28N2O2. The molecule has 0 radical (unpaired) electrons. The standard InChI is InChI=1S/C16H28N2O2/c19-12-11-18(15-7-4-8-15)13-16(20)17-10-9-14-5-2-1-3-6-14/h5,15,19H,1-4,6-13H2,(H,17,20). The molecule has 2 N–H and O–H groups in total. The van der Waals surface area contributed by atoms with Gasteiger partial charge in [-0.2, -0.15) is 0 Å². The van der Waals surface area contributed by atoms with E-state index >= 15 is 0 Å². The van der Waals surface area contributed by atoms with Crippen LogP contribution < -0.4 is 5.32 Å². The van der Waals surface area contributed by atoms with Crippen molar-refractivity contribution >= 4 is 5.91 Å². The number of nitrogens with one attached hydrogen (secondary N) is 1. The Morgan fingerprint density at radius 1 is 1.35 bits per heavy atom. The molecule has 0 atom stereocenters. The smallest absolute Gasteiger partial charge is 0.234 e. The third kappa shape index (κ3) is 4.91. The zero-order valence-electron chi connectivity index (χ0n) is 12.4. The van der Waals surface area contributed by atoms with E-state index in [4.69, 9.17) is 5.11 Å². The van der Waals surface area contributed by atoms with Crippen molar-refractivity contribution in [2.45, 2.75) is 57.4 Å². The molecule has 1 amide bonds. The lowest BCUT2D eigenvalue weighted by atomic mass is 9.91. The molecule has 0 aromatic heterocycles. The summed E-state index contributed by atoms with van der Waals surface area (Å²) in [4.78, 5) is 14.1. The highest BCUT2D eigenvalue weighted by atomic mass is 16.3. The molecular weight excluding hydrogens is 252 g/mol. The van der Waals surface area contributed by atoms with Gasteiger partial charge in [0.05, 0.1) is 13.2 Å². The van der Waals surface area contributed by atoms with Gasteiger partial charge in [0.25, 0.3) is 0 Å². The molecule has 0 aromatic carbocycles. The summed E-state index contributed by atoms with van der Waals surface area (Å²) in [6.07, 6.45) is 11.9. The minimum Gasteiger partial charge on any atom is -0.395 e. The number of rotatable bonds is 8. The van der Waals surface area contributed by atoms with E-state index in [0.717, 1.165) is 13.0 Å². The van der Waals surface area contributed by atoms with E-state index in [0.29, 0.717) is 19.1 Å². The van der Waals surface area contributed by atoms with Crippen LogP contribution in [0.3, 0.4) is 0 Å². The number of allylic oxidation sites excluding steroid dienone is 1. The van der Waals surface area contributed by atoms with E-state index < -0.39 is 0 Å². The second-order valence-corrected chi connectivity index (χ2v) is 5.99. The van der Waals surface area contributed by atoms with Crippen molar-refractivity contribution in [3.63, 3.8) is 0 Å². The quantitative estimate of drug-likeness (QED) is 0.667. The molecule has 1 saturated carbocycles. The van der Waals surface area contributed by atoms with Crippen LogP contribution >= 0.6 is 0 Å². The summed E-state index contributed by atoms with van der Waals surface area (Å²) in [5, 5.41) is 12.1. The Morgan fingerprint density at radius 2 is 2.20 bits per heavy atom. The predicted molar refractivity (Wildman–Crippen MR) is 80.5 cm³/mol. The molecule has 0 aliphatic heterocycles. The molecule has 1 fully saturated rings. The summed E-state index contributed by atoms with van der Waals surface area (Å²) in [5.41, 5.74) is 1.50. The topological polar surface area (TPSA) is 52.6 Å². The predicted octanol–water partition coefficient (Wildman–Crippen LogP) is 1.84. The average molecular weight is 280 g/mol. The number of aliphatic hydroxyl groups is 1. The maximum atomic E-state index is 12.0. The van der Waals surface area contributed by atoms with Crippen LogP contribution in [0, 0.1) is 0 Å². The Kier molecular flexibility index (Phi) is 6.54. The SMILES string of the molecule is O=C(CN(CCO)C1CCC1)NCCC1=CCCCC1. The lowest BCUT2D eigenvalue weighted by Crippen LogP contribution is -2.47. The van der Waals surface area contributed by atoms with Gasteiger partial charge in [0, 0.05) is 19.1 Å². The number of hydrogen-bond donors (Lipinski definition) is 2. The molecule has 0 bridgehead atoms. The maximum Gasteiger partial charge on any atom is 0.234 e. The van der Waals surface area contributed by atoms with E-state index in [1.165, 1.54) is 50.5 Å². The summed E-state index contributed by atoms with van der Waals surface area (Å²) in [6, 6.07) is 0.508. The molecule has 4 nitrogen and oxygen atoms in total. The molecule has 20 heavy (non-hydrogen) atoms. The molecule has 0 spiro atoms. The first-order chi connectivity index (χ1) is 9.79. The zero-order chi connectivity index (χ0) is 14.2. The second-order valence-electron chi connectivity index (χ2n) is 5.99. The van der Waals surface area contributed by atoms with Gasteiger partial charge in [0.1, 0.15) is 0 Å². The number of nitrogens with zero attached hydrogens (tertiary/aromatic N) is 1. The van der Waals surface area contributed by atoms with Crippen LogP contribution in [0.25, 0.3) is 0 Å². The summed E-state index contributed by atoms with van der Waals surface area (Å²) < 4.78 is 0. The first-order valence-electron chi connectivity index (χ1n) is 8.09. The van der Waals surface area contributed by atoms with Gasteiger partial charge in [0.15, 0.2) is 0 Å². The Labute approximate surface area is 122 Å². The number of amides is 1. The van der Waals surface area contributed by atoms with Crippen molar-refractivity contribution in [1.82, 2.24) is 10.2 Å². The summed E-state index contributed by atoms with van der Waals surface area (Å²) >= 11 is 0. The fourth-order valence-electron chi connectivity index (χ4n) is 3.01. The van der Waals surface area contributed by atoms with Crippen molar-refractivity contribution < 1.29 is 9.90 Å². The van der Waals surface area contributed by atoms with Gasteiger partial charge in [-0.3, -0.25) is 9.69 Å². The van der Waals surface area contributed by atoms with Crippen molar-refractivity contribution in [2.24, 2.45) is 0 Å². The van der Waals surface area contributed by atoms with Gasteiger partial charge in [-0.25, -0.2) is 0 Å². The monoisotopic (exact) mass is 280 g/mol. The molecule has 2 aliphatic rings. The average Bonchev–Trinajstić information content (AvgIpc) is 2.38. The minimum atomic E-state index is 0.0989. The summed E-state index contributed by atoms with van der Waals surface area (Å²) in [5.74, 6) is 0.0989. The van der Waals surface area contributed by atoms with Gasteiger partial charge >= 0.3 is 0 Å². The lowest BCUT2D eigenvalue weighted by molar-refractivity contribution is -0.123. The van der Waals surface area contributed by atoms with Crippen LogP contribution in [0.15, 0.2) is 11.6 Å². The third-order valence-electron chi connectivity index (χ3n) is 4.48. The Morgan fingerprint density at radius 3 is 2.80 bits per heavy atom. The molecule has 2 rings (SSSR count). The van der Waals surface area contributed by atoms with Crippen molar-refractivity contribution in [3.8, 4) is 0 Å². The normalized spacial score (nSPS) is 19.6. The van der Waals surface area contributed by atoms with Gasteiger partial charge < -0.3 is 10.4 Å². The van der Waals surface area contributed by atoms with Crippen LogP contribution in [0.1, 0.15) is 51.4 Å². The summed E-state index contributed by atoms with van der Waals surface area (Å²) in [7, 11) is 0.